The predicted molar refractivity (Wildman–Crippen MR) is 104 cm³/mol. The molecule has 2 N–H and O–H groups in total. The van der Waals surface area contributed by atoms with Crippen LogP contribution in [0.3, 0.4) is 0 Å². The number of carbonyl (C=O) groups excluding carboxylic acids is 1. The van der Waals surface area contributed by atoms with Gasteiger partial charge in [-0.25, -0.2) is 4.79 Å². The molecule has 0 saturated heterocycles. The first kappa shape index (κ1) is 18.8. The van der Waals surface area contributed by atoms with Gasteiger partial charge in [-0.3, -0.25) is 0 Å². The monoisotopic (exact) mass is 340 g/mol. The van der Waals surface area contributed by atoms with Crippen LogP contribution in [0.5, 0.6) is 5.75 Å². The Morgan fingerprint density at radius 2 is 1.68 bits per heavy atom. The minimum absolute atomic E-state index is 0.161. The molecule has 2 amide bonds. The number of amides is 2. The molecule has 4 heteroatoms. The van der Waals surface area contributed by atoms with Crippen molar-refractivity contribution in [3.05, 3.63) is 59.2 Å². The number of hydrogen-bond donors (Lipinski definition) is 2. The van der Waals surface area contributed by atoms with Crippen molar-refractivity contribution in [3.8, 4) is 5.75 Å². The fraction of sp³-hybridized carbons (Fsp3) is 0.381. The number of para-hydroxylation sites is 2. The van der Waals surface area contributed by atoms with Crippen LogP contribution in [0.15, 0.2) is 42.5 Å². The van der Waals surface area contributed by atoms with Gasteiger partial charge in [-0.1, -0.05) is 50.2 Å². The Hall–Kier alpha value is -2.49. The van der Waals surface area contributed by atoms with Crippen molar-refractivity contribution in [2.45, 2.75) is 40.0 Å². The van der Waals surface area contributed by atoms with E-state index < -0.39 is 0 Å². The van der Waals surface area contributed by atoms with E-state index in [-0.39, 0.29) is 6.03 Å². The molecule has 0 fully saturated rings. The van der Waals surface area contributed by atoms with E-state index in [9.17, 15) is 4.79 Å². The molecule has 134 valence electrons. The Kier molecular flexibility index (Phi) is 7.33. The molecule has 0 aliphatic heterocycles. The van der Waals surface area contributed by atoms with Gasteiger partial charge < -0.3 is 15.4 Å². The summed E-state index contributed by atoms with van der Waals surface area (Å²) >= 11 is 0. The number of carbonyl (C=O) groups is 1. The Morgan fingerprint density at radius 1 is 1.00 bits per heavy atom. The third-order valence-corrected chi connectivity index (χ3v) is 4.20. The van der Waals surface area contributed by atoms with E-state index in [1.54, 1.807) is 0 Å². The van der Waals surface area contributed by atoms with Crippen LogP contribution in [0.4, 0.5) is 10.5 Å². The summed E-state index contributed by atoms with van der Waals surface area (Å²) in [5, 5.41) is 5.91. The summed E-state index contributed by atoms with van der Waals surface area (Å²) in [4.78, 5) is 12.2. The zero-order valence-electron chi connectivity index (χ0n) is 15.4. The van der Waals surface area contributed by atoms with Gasteiger partial charge in [0.15, 0.2) is 0 Å². The van der Waals surface area contributed by atoms with Crippen LogP contribution in [-0.4, -0.2) is 19.2 Å². The molecule has 2 aromatic carbocycles. The molecular weight excluding hydrogens is 312 g/mol. The molecular formula is C21H28N2O2. The number of nitrogens with one attached hydrogen (secondary N) is 2. The van der Waals surface area contributed by atoms with Crippen LogP contribution < -0.4 is 15.4 Å². The second-order valence-corrected chi connectivity index (χ2v) is 6.01. The maximum absolute atomic E-state index is 12.2. The van der Waals surface area contributed by atoms with E-state index in [1.807, 2.05) is 37.3 Å². The number of rotatable bonds is 8. The molecule has 0 aromatic heterocycles. The lowest BCUT2D eigenvalue weighted by Gasteiger charge is -2.15. The minimum atomic E-state index is -0.161. The smallest absolute Gasteiger partial charge is 0.319 e. The van der Waals surface area contributed by atoms with Crippen molar-refractivity contribution < 1.29 is 9.53 Å². The van der Waals surface area contributed by atoms with Gasteiger partial charge in [-0.15, -0.1) is 0 Å². The average molecular weight is 340 g/mol. The van der Waals surface area contributed by atoms with Crippen molar-refractivity contribution in [2.24, 2.45) is 0 Å². The fourth-order valence-electron chi connectivity index (χ4n) is 2.74. The highest BCUT2D eigenvalue weighted by molar-refractivity contribution is 5.91. The second-order valence-electron chi connectivity index (χ2n) is 6.01. The van der Waals surface area contributed by atoms with Gasteiger partial charge in [0.25, 0.3) is 0 Å². The largest absolute Gasteiger partial charge is 0.493 e. The first-order valence-corrected chi connectivity index (χ1v) is 8.99. The zero-order chi connectivity index (χ0) is 18.1. The first-order chi connectivity index (χ1) is 12.2. The van der Waals surface area contributed by atoms with Crippen molar-refractivity contribution in [1.29, 1.82) is 0 Å². The third-order valence-electron chi connectivity index (χ3n) is 4.20. The highest BCUT2D eigenvalue weighted by atomic mass is 16.5. The van der Waals surface area contributed by atoms with Crippen molar-refractivity contribution >= 4 is 11.7 Å². The van der Waals surface area contributed by atoms with Crippen LogP contribution in [0.1, 0.15) is 37.0 Å². The number of urea groups is 1. The number of ether oxygens (including phenoxy) is 1. The van der Waals surface area contributed by atoms with Gasteiger partial charge in [0.1, 0.15) is 5.75 Å². The van der Waals surface area contributed by atoms with Crippen molar-refractivity contribution in [2.75, 3.05) is 18.5 Å². The lowest BCUT2D eigenvalue weighted by molar-refractivity contribution is 0.250. The molecule has 0 spiro atoms. The van der Waals surface area contributed by atoms with E-state index in [4.69, 9.17) is 4.74 Å². The molecule has 0 saturated carbocycles. The van der Waals surface area contributed by atoms with Crippen LogP contribution in [0.2, 0.25) is 0 Å². The van der Waals surface area contributed by atoms with Crippen LogP contribution in [0, 0.1) is 6.92 Å². The molecule has 25 heavy (non-hydrogen) atoms. The van der Waals surface area contributed by atoms with Gasteiger partial charge in [-0.05, 0) is 48.9 Å². The Labute approximate surface area is 150 Å². The number of benzene rings is 2. The number of anilines is 1. The van der Waals surface area contributed by atoms with Crippen molar-refractivity contribution in [1.82, 2.24) is 5.32 Å². The molecule has 0 aliphatic rings. The molecule has 2 rings (SSSR count). The second kappa shape index (κ2) is 9.72. The van der Waals surface area contributed by atoms with Crippen molar-refractivity contribution in [3.63, 3.8) is 0 Å². The molecule has 0 aliphatic carbocycles. The van der Waals surface area contributed by atoms with Gasteiger partial charge in [0.05, 0.1) is 6.61 Å². The normalized spacial score (nSPS) is 10.4. The summed E-state index contributed by atoms with van der Waals surface area (Å²) in [6, 6.07) is 13.9. The van der Waals surface area contributed by atoms with Gasteiger partial charge >= 0.3 is 6.03 Å². The summed E-state index contributed by atoms with van der Waals surface area (Å²) < 4.78 is 5.74. The molecule has 4 nitrogen and oxygen atoms in total. The average Bonchev–Trinajstić information content (AvgIpc) is 2.63. The summed E-state index contributed by atoms with van der Waals surface area (Å²) in [5.41, 5.74) is 4.40. The Balaban J connectivity index is 1.77. The lowest BCUT2D eigenvalue weighted by atomic mass is 10.0. The topological polar surface area (TPSA) is 50.4 Å². The molecule has 2 aromatic rings. The summed E-state index contributed by atoms with van der Waals surface area (Å²) in [6.07, 6.45) is 2.55. The van der Waals surface area contributed by atoms with Crippen LogP contribution >= 0.6 is 0 Å². The fourth-order valence-corrected chi connectivity index (χ4v) is 2.74. The van der Waals surface area contributed by atoms with Gasteiger partial charge in [0, 0.05) is 12.2 Å². The van der Waals surface area contributed by atoms with Crippen LogP contribution in [-0.2, 0) is 12.8 Å². The third kappa shape index (κ3) is 5.52. The van der Waals surface area contributed by atoms with Gasteiger partial charge in [-0.2, -0.15) is 0 Å². The summed E-state index contributed by atoms with van der Waals surface area (Å²) in [7, 11) is 0. The SMILES string of the molecule is CCc1cccc(CC)c1NC(=O)NCCCOc1ccccc1C. The molecule has 0 heterocycles. The molecule has 0 atom stereocenters. The Morgan fingerprint density at radius 3 is 2.32 bits per heavy atom. The highest BCUT2D eigenvalue weighted by Gasteiger charge is 2.09. The van der Waals surface area contributed by atoms with E-state index in [2.05, 4.69) is 36.6 Å². The quantitative estimate of drug-likeness (QED) is 0.684. The van der Waals surface area contributed by atoms with Gasteiger partial charge in [0.2, 0.25) is 0 Å². The highest BCUT2D eigenvalue weighted by Crippen LogP contribution is 2.22. The summed E-state index contributed by atoms with van der Waals surface area (Å²) in [6.45, 7) is 7.38. The van der Waals surface area contributed by atoms with E-state index in [0.717, 1.165) is 47.4 Å². The maximum Gasteiger partial charge on any atom is 0.319 e. The van der Waals surface area contributed by atoms with Crippen LogP contribution in [0.25, 0.3) is 0 Å². The van der Waals surface area contributed by atoms with E-state index >= 15 is 0 Å². The molecule has 0 unspecified atom stereocenters. The zero-order valence-corrected chi connectivity index (χ0v) is 15.4. The molecule has 0 radical (unpaired) electrons. The predicted octanol–water partition coefficient (Wildman–Crippen LogP) is 4.71. The minimum Gasteiger partial charge on any atom is -0.493 e. The standard InChI is InChI=1S/C21H28N2O2/c1-4-17-11-8-12-18(5-2)20(17)23-21(24)22-14-9-15-25-19-13-7-6-10-16(19)3/h6-8,10-13H,4-5,9,14-15H2,1-3H3,(H2,22,23,24). The maximum atomic E-state index is 12.2. The molecule has 0 bridgehead atoms. The van der Waals surface area contributed by atoms with E-state index in [1.165, 1.54) is 0 Å². The summed E-state index contributed by atoms with van der Waals surface area (Å²) in [5.74, 6) is 0.899. The van der Waals surface area contributed by atoms with E-state index in [0.29, 0.717) is 13.2 Å². The lowest BCUT2D eigenvalue weighted by Crippen LogP contribution is -2.31. The first-order valence-electron chi connectivity index (χ1n) is 8.99. The number of hydrogen-bond acceptors (Lipinski definition) is 2. The Bertz CT molecular complexity index is 676. The number of aryl methyl sites for hydroxylation is 3.